The highest BCUT2D eigenvalue weighted by atomic mass is 16.6. The Morgan fingerprint density at radius 3 is 1.66 bits per heavy atom. The molecule has 0 aromatic rings. The third-order valence-electron chi connectivity index (χ3n) is 6.46. The van der Waals surface area contributed by atoms with E-state index in [4.69, 9.17) is 9.47 Å². The van der Waals surface area contributed by atoms with Crippen LogP contribution in [0.15, 0.2) is 0 Å². The second-order valence-electron chi connectivity index (χ2n) is 8.60. The van der Waals surface area contributed by atoms with Gasteiger partial charge in [0.1, 0.15) is 6.10 Å². The summed E-state index contributed by atoms with van der Waals surface area (Å²) in [4.78, 5) is 25.5. The van der Waals surface area contributed by atoms with Gasteiger partial charge in [-0.3, -0.25) is 9.59 Å². The smallest absolute Gasteiger partial charge is 0.323 e. The van der Waals surface area contributed by atoms with Crippen LogP contribution in [-0.4, -0.2) is 24.6 Å². The van der Waals surface area contributed by atoms with Crippen LogP contribution in [0.3, 0.4) is 0 Å². The molecule has 4 heteroatoms. The van der Waals surface area contributed by atoms with Crippen molar-refractivity contribution in [3.05, 3.63) is 0 Å². The first kappa shape index (κ1) is 27.9. The van der Waals surface area contributed by atoms with Gasteiger partial charge in [-0.25, -0.2) is 0 Å². The molecule has 0 radical (unpaired) electrons. The minimum absolute atomic E-state index is 0.195. The fourth-order valence-electron chi connectivity index (χ4n) is 3.53. The molecule has 0 saturated carbocycles. The molecule has 0 N–H and O–H groups in total. The van der Waals surface area contributed by atoms with E-state index in [1.807, 2.05) is 20.8 Å². The zero-order valence-electron chi connectivity index (χ0n) is 20.2. The van der Waals surface area contributed by atoms with Gasteiger partial charge in [-0.05, 0) is 32.1 Å². The van der Waals surface area contributed by atoms with E-state index in [1.54, 1.807) is 0 Å². The highest BCUT2D eigenvalue weighted by Crippen LogP contribution is 2.31. The van der Waals surface area contributed by atoms with Gasteiger partial charge < -0.3 is 9.47 Å². The molecule has 2 atom stereocenters. The van der Waals surface area contributed by atoms with Crippen molar-refractivity contribution in [3.63, 3.8) is 0 Å². The summed E-state index contributed by atoms with van der Waals surface area (Å²) in [5, 5.41) is 0. The third kappa shape index (κ3) is 10.5. The number of carbonyl (C=O) groups excluding carboxylic acids is 2. The summed E-state index contributed by atoms with van der Waals surface area (Å²) in [6.07, 6.45) is 13.9. The SMILES string of the molecule is CCCCCCCCCCCCOC(=O)C(CC)(CC)C(=O)OC(C)C(C)CC. The topological polar surface area (TPSA) is 52.6 Å². The van der Waals surface area contributed by atoms with Crippen LogP contribution in [0.25, 0.3) is 0 Å². The molecule has 0 fully saturated rings. The molecule has 0 aliphatic rings. The molecule has 0 aromatic carbocycles. The van der Waals surface area contributed by atoms with Crippen LogP contribution in [-0.2, 0) is 19.1 Å². The largest absolute Gasteiger partial charge is 0.465 e. The van der Waals surface area contributed by atoms with Gasteiger partial charge in [-0.2, -0.15) is 0 Å². The summed E-state index contributed by atoms with van der Waals surface area (Å²) in [6, 6.07) is 0. The summed E-state index contributed by atoms with van der Waals surface area (Å²) in [7, 11) is 0. The van der Waals surface area contributed by atoms with Crippen molar-refractivity contribution in [1.29, 1.82) is 0 Å². The molecule has 0 heterocycles. The quantitative estimate of drug-likeness (QED) is 0.135. The van der Waals surface area contributed by atoms with Crippen LogP contribution in [0.4, 0.5) is 0 Å². The zero-order valence-corrected chi connectivity index (χ0v) is 20.2. The third-order valence-corrected chi connectivity index (χ3v) is 6.46. The van der Waals surface area contributed by atoms with Gasteiger partial charge in [0.15, 0.2) is 5.41 Å². The van der Waals surface area contributed by atoms with Gasteiger partial charge in [-0.15, -0.1) is 0 Å². The first-order chi connectivity index (χ1) is 13.9. The molecule has 172 valence electrons. The van der Waals surface area contributed by atoms with E-state index >= 15 is 0 Å². The average Bonchev–Trinajstić information content (AvgIpc) is 2.72. The number of unbranched alkanes of at least 4 members (excludes halogenated alkanes) is 9. The number of ether oxygens (including phenoxy) is 2. The number of rotatable bonds is 18. The van der Waals surface area contributed by atoms with Crippen molar-refractivity contribution in [2.45, 2.75) is 131 Å². The average molecular weight is 413 g/mol. The highest BCUT2D eigenvalue weighted by Gasteiger charge is 2.46. The van der Waals surface area contributed by atoms with Crippen LogP contribution < -0.4 is 0 Å². The van der Waals surface area contributed by atoms with E-state index in [1.165, 1.54) is 51.4 Å². The van der Waals surface area contributed by atoms with E-state index < -0.39 is 17.4 Å². The van der Waals surface area contributed by atoms with Crippen LogP contribution in [0.2, 0.25) is 0 Å². The van der Waals surface area contributed by atoms with Gasteiger partial charge in [0.25, 0.3) is 0 Å². The van der Waals surface area contributed by atoms with Crippen molar-refractivity contribution >= 4 is 11.9 Å². The van der Waals surface area contributed by atoms with E-state index in [0.29, 0.717) is 19.4 Å². The maximum Gasteiger partial charge on any atom is 0.323 e. The second kappa shape index (κ2) is 16.7. The van der Waals surface area contributed by atoms with Gasteiger partial charge in [-0.1, -0.05) is 98.8 Å². The molecular formula is C25H48O4. The Kier molecular flexibility index (Phi) is 16.1. The number of esters is 2. The molecule has 0 spiro atoms. The Labute approximate surface area is 180 Å². The van der Waals surface area contributed by atoms with Gasteiger partial charge in [0.2, 0.25) is 0 Å². The first-order valence-electron chi connectivity index (χ1n) is 12.3. The van der Waals surface area contributed by atoms with Crippen molar-refractivity contribution in [1.82, 2.24) is 0 Å². The highest BCUT2D eigenvalue weighted by molar-refractivity contribution is 6.00. The van der Waals surface area contributed by atoms with Crippen LogP contribution in [0, 0.1) is 11.3 Å². The maximum atomic E-state index is 12.8. The van der Waals surface area contributed by atoms with E-state index in [0.717, 1.165) is 19.3 Å². The minimum atomic E-state index is -1.17. The molecule has 29 heavy (non-hydrogen) atoms. The van der Waals surface area contributed by atoms with Crippen molar-refractivity contribution < 1.29 is 19.1 Å². The molecular weight excluding hydrogens is 364 g/mol. The molecule has 4 nitrogen and oxygen atoms in total. The van der Waals surface area contributed by atoms with Crippen LogP contribution in [0.5, 0.6) is 0 Å². The molecule has 0 aliphatic carbocycles. The minimum Gasteiger partial charge on any atom is -0.465 e. The lowest BCUT2D eigenvalue weighted by Gasteiger charge is -2.30. The molecule has 0 aromatic heterocycles. The number of carbonyl (C=O) groups is 2. The number of hydrogen-bond acceptors (Lipinski definition) is 4. The van der Waals surface area contributed by atoms with E-state index in [2.05, 4.69) is 20.8 Å². The summed E-state index contributed by atoms with van der Waals surface area (Å²) in [6.45, 7) is 12.4. The molecule has 0 bridgehead atoms. The van der Waals surface area contributed by atoms with E-state index in [-0.39, 0.29) is 12.0 Å². The number of hydrogen-bond donors (Lipinski definition) is 0. The van der Waals surface area contributed by atoms with E-state index in [9.17, 15) is 9.59 Å². The van der Waals surface area contributed by atoms with Crippen molar-refractivity contribution in [3.8, 4) is 0 Å². The standard InChI is InChI=1S/C25H48O4/c1-7-11-12-13-14-15-16-17-18-19-20-28-23(26)25(9-3,10-4)24(27)29-22(6)21(5)8-2/h21-22H,7-20H2,1-6H3. The predicted molar refractivity (Wildman–Crippen MR) is 121 cm³/mol. The van der Waals surface area contributed by atoms with Gasteiger partial charge in [0, 0.05) is 0 Å². The Morgan fingerprint density at radius 2 is 1.21 bits per heavy atom. The monoisotopic (exact) mass is 412 g/mol. The molecule has 0 amide bonds. The Morgan fingerprint density at radius 1 is 0.724 bits per heavy atom. The fraction of sp³-hybridized carbons (Fsp3) is 0.920. The van der Waals surface area contributed by atoms with Crippen molar-refractivity contribution in [2.75, 3.05) is 6.61 Å². The fourth-order valence-corrected chi connectivity index (χ4v) is 3.53. The first-order valence-corrected chi connectivity index (χ1v) is 12.3. The molecule has 2 unspecified atom stereocenters. The second-order valence-corrected chi connectivity index (χ2v) is 8.60. The molecule has 0 aliphatic heterocycles. The summed E-state index contributed by atoms with van der Waals surface area (Å²) >= 11 is 0. The summed E-state index contributed by atoms with van der Waals surface area (Å²) in [5.74, 6) is -0.573. The Hall–Kier alpha value is -1.06. The van der Waals surface area contributed by atoms with Crippen LogP contribution >= 0.6 is 0 Å². The van der Waals surface area contributed by atoms with Crippen LogP contribution in [0.1, 0.15) is 125 Å². The molecule has 0 rings (SSSR count). The predicted octanol–water partition coefficient (Wildman–Crippen LogP) is 7.23. The van der Waals surface area contributed by atoms with Gasteiger partial charge in [0.05, 0.1) is 6.61 Å². The zero-order chi connectivity index (χ0) is 22.1. The Bertz CT molecular complexity index is 429. The lowest BCUT2D eigenvalue weighted by Crippen LogP contribution is -2.43. The molecule has 0 saturated heterocycles. The summed E-state index contributed by atoms with van der Waals surface area (Å²) in [5.41, 5.74) is -1.17. The normalized spacial score (nSPS) is 13.7. The lowest BCUT2D eigenvalue weighted by atomic mass is 9.82. The lowest BCUT2D eigenvalue weighted by molar-refractivity contribution is -0.177. The van der Waals surface area contributed by atoms with Gasteiger partial charge >= 0.3 is 11.9 Å². The Balaban J connectivity index is 4.22. The maximum absolute atomic E-state index is 12.8. The van der Waals surface area contributed by atoms with Crippen molar-refractivity contribution in [2.24, 2.45) is 11.3 Å². The summed E-state index contributed by atoms with van der Waals surface area (Å²) < 4.78 is 11.1.